The van der Waals surface area contributed by atoms with Crippen molar-refractivity contribution >= 4 is 65.7 Å². The number of quaternary nitrogens is 3. The Bertz CT molecular complexity index is 1760. The number of aliphatic carboxylic acids is 3. The van der Waals surface area contributed by atoms with Gasteiger partial charge in [-0.1, -0.05) is 52.6 Å². The zero-order valence-corrected chi connectivity index (χ0v) is 35.7. The Labute approximate surface area is 352 Å². The van der Waals surface area contributed by atoms with Crippen molar-refractivity contribution in [1.82, 2.24) is 29.5 Å². The molecule has 0 unspecified atom stereocenters. The number of rotatable bonds is 14. The number of carboxylic acids is 3. The van der Waals surface area contributed by atoms with E-state index in [0.717, 1.165) is 23.6 Å². The fourth-order valence-corrected chi connectivity index (χ4v) is 6.45. The fraction of sp³-hybridized carbons (Fsp3) is 0.514. The highest BCUT2D eigenvalue weighted by molar-refractivity contribution is 9.11. The van der Waals surface area contributed by atoms with Crippen molar-refractivity contribution in [3.05, 3.63) is 85.8 Å². The number of H-pyrrole nitrogens is 2. The number of aromatic amines is 2. The number of benzene rings is 1. The first-order valence-corrected chi connectivity index (χ1v) is 18.5. The molecule has 0 saturated carbocycles. The zero-order chi connectivity index (χ0) is 39.6. The van der Waals surface area contributed by atoms with E-state index in [4.69, 9.17) is 5.11 Å². The van der Waals surface area contributed by atoms with Crippen molar-refractivity contribution in [2.24, 2.45) is 0 Å². The number of imidazole rings is 3. The van der Waals surface area contributed by atoms with Gasteiger partial charge in [0.1, 0.15) is 15.2 Å². The predicted octanol–water partition coefficient (Wildman–Crippen LogP) is 4.72. The number of carbonyl (C=O) groups excluding carboxylic acids is 1. The van der Waals surface area contributed by atoms with Crippen LogP contribution in [0.15, 0.2) is 63.1 Å². The molecule has 1 aromatic carbocycles. The average molecular weight is 969 g/mol. The van der Waals surface area contributed by atoms with E-state index in [1.165, 1.54) is 5.56 Å². The first-order valence-electron chi connectivity index (χ1n) is 16.1. The number of carboxylic acid groups (broad SMARTS) is 3. The van der Waals surface area contributed by atoms with Crippen LogP contribution in [0.3, 0.4) is 0 Å². The fourth-order valence-electron chi connectivity index (χ4n) is 4.98. The Hall–Kier alpha value is -3.42. The quantitative estimate of drug-likeness (QED) is 0.130. The number of halogens is 3. The summed E-state index contributed by atoms with van der Waals surface area (Å²) in [6.07, 6.45) is 6.39. The predicted molar refractivity (Wildman–Crippen MR) is 225 cm³/mol. The van der Waals surface area contributed by atoms with Crippen molar-refractivity contribution in [2.75, 3.05) is 63.4 Å². The number of aromatic nitrogens is 6. The monoisotopic (exact) mass is 965 g/mol. The van der Waals surface area contributed by atoms with Gasteiger partial charge in [-0.15, -0.1) is 0 Å². The van der Waals surface area contributed by atoms with Crippen LogP contribution in [-0.2, 0) is 40.2 Å². The van der Waals surface area contributed by atoms with Crippen LogP contribution in [-0.4, -0.2) is 153 Å². The van der Waals surface area contributed by atoms with Crippen molar-refractivity contribution in [3.63, 3.8) is 0 Å². The smallest absolute Gasteiger partial charge is 0.362 e. The second-order valence-electron chi connectivity index (χ2n) is 15.0. The van der Waals surface area contributed by atoms with Crippen LogP contribution in [0.2, 0.25) is 0 Å². The molecule has 15 nitrogen and oxygen atoms in total. The standard InChI is InChI=1S/C16H21N3O2.C9H13Br2N3O2.C9H14BrN3O2.3CH4/c1-19(2,3)15(16(20)21)9-14-11-18(12-17-14)10-13-7-5-4-6-8-13;1-14(2,3)6(8(15)16)4-5-7(10)13-9(11)12-5;1-13(2,3)7(9(14)15)4-6-8(10)12-5-11-6;;;/h4-8,11-12,15H,9-10H2,1-3H3;6H,4H2,1-3H3,(H-,12,13,15,16);5,7H,4H2,1-3H3,(H-,11,12,14,15);3*1H4/p+2/t15-;6-;7-;;;/m000.../s1. The number of nitrogens with zero attached hydrogens (tertiary/aromatic N) is 7. The van der Waals surface area contributed by atoms with Gasteiger partial charge in [-0.3, -0.25) is 0 Å². The molecule has 4 N–H and O–H groups in total. The first kappa shape index (κ1) is 53.7. The molecule has 55 heavy (non-hydrogen) atoms. The molecule has 0 fully saturated rings. The lowest BCUT2D eigenvalue weighted by Gasteiger charge is -2.34. The summed E-state index contributed by atoms with van der Waals surface area (Å²) in [4.78, 5) is 51.9. The van der Waals surface area contributed by atoms with E-state index in [9.17, 15) is 24.6 Å². The SMILES string of the molecule is C.C.C.C[N+](C)(C)[C@@H](Cc1[nH]c(Br)nc1Br)C(=O)O.C[N+](C)(C)[C@@H](Cc1[nH]cnc1Br)C(=O)O.C[N+](C)(C)[C@@H](Cc1cn(Cc2ccccc2)cn1)C(=O)[O-]. The normalized spacial score (nSPS) is 12.8. The minimum atomic E-state index is -1.04. The number of hydrogen-bond donors (Lipinski definition) is 4. The molecule has 0 aliphatic rings. The molecule has 0 spiro atoms. The summed E-state index contributed by atoms with van der Waals surface area (Å²) in [6.45, 7) is 0.730. The summed E-state index contributed by atoms with van der Waals surface area (Å²) in [6, 6.07) is 8.47. The highest BCUT2D eigenvalue weighted by Gasteiger charge is 2.34. The van der Waals surface area contributed by atoms with E-state index >= 15 is 0 Å². The van der Waals surface area contributed by atoms with Crippen LogP contribution in [0, 0.1) is 0 Å². The molecule has 4 rings (SSSR count). The lowest BCUT2D eigenvalue weighted by atomic mass is 10.1. The summed E-state index contributed by atoms with van der Waals surface area (Å²) < 4.78 is 4.95. The van der Waals surface area contributed by atoms with E-state index in [2.05, 4.69) is 84.8 Å². The molecule has 0 amide bonds. The Kier molecular flexibility index (Phi) is 22.4. The third kappa shape index (κ3) is 17.9. The van der Waals surface area contributed by atoms with Crippen LogP contribution in [0.4, 0.5) is 0 Å². The van der Waals surface area contributed by atoms with Crippen LogP contribution in [0.1, 0.15) is 44.9 Å². The van der Waals surface area contributed by atoms with Crippen molar-refractivity contribution < 1.29 is 43.2 Å². The van der Waals surface area contributed by atoms with Gasteiger partial charge < -0.3 is 48.1 Å². The lowest BCUT2D eigenvalue weighted by Crippen LogP contribution is -2.55. The van der Waals surface area contributed by atoms with Gasteiger partial charge in [0.25, 0.3) is 0 Å². The van der Waals surface area contributed by atoms with Crippen molar-refractivity contribution in [2.45, 2.75) is 66.2 Å². The third-order valence-corrected chi connectivity index (χ3v) is 9.82. The van der Waals surface area contributed by atoms with Crippen LogP contribution in [0.25, 0.3) is 0 Å². The summed E-state index contributed by atoms with van der Waals surface area (Å²) in [5.74, 6) is -2.66. The maximum absolute atomic E-state index is 11.3. The van der Waals surface area contributed by atoms with Crippen molar-refractivity contribution in [3.8, 4) is 0 Å². The average Bonchev–Trinajstić information content (AvgIpc) is 3.71. The van der Waals surface area contributed by atoms with Gasteiger partial charge in [-0.2, -0.15) is 0 Å². The van der Waals surface area contributed by atoms with Gasteiger partial charge in [0.2, 0.25) is 0 Å². The molecule has 3 aromatic heterocycles. The minimum Gasteiger partial charge on any atom is -0.544 e. The zero-order valence-electron chi connectivity index (χ0n) is 31.0. The Morgan fingerprint density at radius 3 is 1.62 bits per heavy atom. The third-order valence-electron chi connectivity index (χ3n) is 8.10. The topological polar surface area (TPSA) is 190 Å². The molecule has 310 valence electrons. The number of nitrogens with one attached hydrogen (secondary N) is 2. The van der Waals surface area contributed by atoms with E-state index in [-0.39, 0.29) is 22.3 Å². The van der Waals surface area contributed by atoms with Gasteiger partial charge in [0, 0.05) is 19.2 Å². The summed E-state index contributed by atoms with van der Waals surface area (Å²) in [7, 11) is 16.7. The molecular weight excluding hydrogens is 906 g/mol. The van der Waals surface area contributed by atoms with Crippen molar-refractivity contribution in [1.29, 1.82) is 0 Å². The summed E-state index contributed by atoms with van der Waals surface area (Å²) in [5, 5.41) is 29.6. The van der Waals surface area contributed by atoms with Gasteiger partial charge in [-0.05, 0) is 53.4 Å². The Morgan fingerprint density at radius 1 is 0.745 bits per heavy atom. The molecule has 0 saturated heterocycles. The van der Waals surface area contributed by atoms with Crippen LogP contribution in [0.5, 0.6) is 0 Å². The first-order chi connectivity index (χ1) is 23.9. The molecule has 3 atom stereocenters. The molecule has 0 bridgehead atoms. The molecule has 0 aliphatic carbocycles. The van der Waals surface area contributed by atoms with Crippen LogP contribution >= 0.6 is 47.8 Å². The highest BCUT2D eigenvalue weighted by atomic mass is 79.9. The van der Waals surface area contributed by atoms with Gasteiger partial charge >= 0.3 is 11.9 Å². The van der Waals surface area contributed by atoms with E-state index in [1.807, 2.05) is 92.4 Å². The van der Waals surface area contributed by atoms with Gasteiger partial charge in [0.05, 0.1) is 112 Å². The maximum atomic E-state index is 11.3. The Balaban J connectivity index is 0. The van der Waals surface area contributed by atoms with Gasteiger partial charge in [-0.25, -0.2) is 24.5 Å². The van der Waals surface area contributed by atoms with Gasteiger partial charge in [0.15, 0.2) is 16.8 Å². The summed E-state index contributed by atoms with van der Waals surface area (Å²) in [5.41, 5.74) is 3.56. The maximum Gasteiger partial charge on any atom is 0.362 e. The Morgan fingerprint density at radius 2 is 1.24 bits per heavy atom. The van der Waals surface area contributed by atoms with E-state index in [0.29, 0.717) is 46.7 Å². The summed E-state index contributed by atoms with van der Waals surface area (Å²) >= 11 is 9.77. The number of carbonyl (C=O) groups is 3. The minimum absolute atomic E-state index is 0. The second-order valence-corrected chi connectivity index (χ2v) is 17.2. The second kappa shape index (κ2) is 23.0. The largest absolute Gasteiger partial charge is 0.544 e. The number of hydrogen-bond acceptors (Lipinski definition) is 7. The molecule has 4 aromatic rings. The molecule has 18 heteroatoms. The molecule has 3 heterocycles. The molecular formula is C37H62Br3N9O6+2. The van der Waals surface area contributed by atoms with E-state index < -0.39 is 36.0 Å². The number of likely N-dealkylation sites (N-methyl/N-ethyl adjacent to an activating group) is 3. The van der Waals surface area contributed by atoms with E-state index in [1.54, 1.807) is 12.7 Å². The highest BCUT2D eigenvalue weighted by Crippen LogP contribution is 2.21. The lowest BCUT2D eigenvalue weighted by molar-refractivity contribution is -0.889. The molecule has 0 aliphatic heterocycles. The van der Waals surface area contributed by atoms with Crippen LogP contribution < -0.4 is 5.11 Å². The molecule has 0 radical (unpaired) electrons.